The molecule has 3 aromatic heterocycles. The lowest BCUT2D eigenvalue weighted by Gasteiger charge is -2.19. The first-order valence-corrected chi connectivity index (χ1v) is 9.40. The monoisotopic (exact) mass is 375 g/mol. The zero-order chi connectivity index (χ0) is 19.7. The molecule has 0 fully saturated rings. The van der Waals surface area contributed by atoms with Crippen LogP contribution in [0, 0.1) is 13.8 Å². The van der Waals surface area contributed by atoms with E-state index in [1.54, 1.807) is 6.33 Å². The van der Waals surface area contributed by atoms with Crippen LogP contribution in [0.25, 0.3) is 16.7 Å². The van der Waals surface area contributed by atoms with Crippen LogP contribution in [0.4, 0.5) is 17.3 Å². The van der Waals surface area contributed by atoms with Crippen molar-refractivity contribution in [3.8, 4) is 0 Å². The first-order chi connectivity index (χ1) is 13.6. The molecule has 7 heteroatoms. The molecule has 7 nitrogen and oxygen atoms in total. The number of rotatable bonds is 6. The van der Waals surface area contributed by atoms with Crippen LogP contribution in [0.15, 0.2) is 42.9 Å². The number of hydrogen-bond donors (Lipinski definition) is 2. The SMILES string of the molecule is CNCCN(C)c1ccc2nc(Nc3c(C)cccc3C)c3cncn3c2n1. The summed E-state index contributed by atoms with van der Waals surface area (Å²) in [7, 11) is 3.99. The third kappa shape index (κ3) is 3.25. The largest absolute Gasteiger partial charge is 0.358 e. The molecule has 0 aliphatic heterocycles. The molecule has 0 atom stereocenters. The number of benzene rings is 1. The van der Waals surface area contributed by atoms with Crippen LogP contribution in [0.5, 0.6) is 0 Å². The van der Waals surface area contributed by atoms with Gasteiger partial charge in [0, 0.05) is 25.8 Å². The van der Waals surface area contributed by atoms with Gasteiger partial charge in [0.1, 0.15) is 23.2 Å². The minimum absolute atomic E-state index is 0.778. The summed E-state index contributed by atoms with van der Waals surface area (Å²) < 4.78 is 1.99. The maximum absolute atomic E-state index is 4.85. The fourth-order valence-corrected chi connectivity index (χ4v) is 3.34. The number of fused-ring (bicyclic) bond motifs is 3. The van der Waals surface area contributed by atoms with E-state index in [0.717, 1.165) is 47.1 Å². The second kappa shape index (κ2) is 7.44. The van der Waals surface area contributed by atoms with Crippen molar-refractivity contribution >= 4 is 34.0 Å². The van der Waals surface area contributed by atoms with Gasteiger partial charge in [0.05, 0.1) is 6.20 Å². The van der Waals surface area contributed by atoms with Crippen molar-refractivity contribution in [2.45, 2.75) is 13.8 Å². The Labute approximate surface area is 164 Å². The van der Waals surface area contributed by atoms with Gasteiger partial charge in [-0.25, -0.2) is 15.0 Å². The van der Waals surface area contributed by atoms with Crippen molar-refractivity contribution in [3.05, 3.63) is 54.0 Å². The number of nitrogens with one attached hydrogen (secondary N) is 2. The minimum Gasteiger partial charge on any atom is -0.358 e. The lowest BCUT2D eigenvalue weighted by atomic mass is 10.1. The van der Waals surface area contributed by atoms with Gasteiger partial charge in [-0.1, -0.05) is 18.2 Å². The molecule has 0 amide bonds. The maximum atomic E-state index is 4.85. The number of aryl methyl sites for hydroxylation is 2. The summed E-state index contributed by atoms with van der Waals surface area (Å²) in [5.74, 6) is 1.69. The molecular formula is C21H25N7. The average Bonchev–Trinajstić information content (AvgIpc) is 3.19. The van der Waals surface area contributed by atoms with Crippen LogP contribution in [0.2, 0.25) is 0 Å². The fraction of sp³-hybridized carbons (Fsp3) is 0.286. The van der Waals surface area contributed by atoms with Crippen LogP contribution >= 0.6 is 0 Å². The van der Waals surface area contributed by atoms with Crippen LogP contribution in [-0.4, -0.2) is 46.5 Å². The van der Waals surface area contributed by atoms with Crippen molar-refractivity contribution in [1.82, 2.24) is 24.7 Å². The van der Waals surface area contributed by atoms with Crippen molar-refractivity contribution < 1.29 is 0 Å². The predicted molar refractivity (Wildman–Crippen MR) is 115 cm³/mol. The number of para-hydroxylation sites is 1. The van der Waals surface area contributed by atoms with E-state index < -0.39 is 0 Å². The summed E-state index contributed by atoms with van der Waals surface area (Å²) in [6, 6.07) is 10.3. The van der Waals surface area contributed by atoms with Crippen molar-refractivity contribution in [1.29, 1.82) is 0 Å². The normalized spacial score (nSPS) is 11.3. The Bertz CT molecular complexity index is 1110. The zero-order valence-corrected chi connectivity index (χ0v) is 16.7. The maximum Gasteiger partial charge on any atom is 0.166 e. The third-order valence-electron chi connectivity index (χ3n) is 4.99. The Morgan fingerprint density at radius 2 is 1.86 bits per heavy atom. The minimum atomic E-state index is 0.778. The number of hydrogen-bond acceptors (Lipinski definition) is 6. The Morgan fingerprint density at radius 1 is 1.07 bits per heavy atom. The quantitative estimate of drug-likeness (QED) is 0.539. The van der Waals surface area contributed by atoms with E-state index in [1.807, 2.05) is 36.8 Å². The Morgan fingerprint density at radius 3 is 2.61 bits per heavy atom. The smallest absolute Gasteiger partial charge is 0.166 e. The molecule has 4 aromatic rings. The summed E-state index contributed by atoms with van der Waals surface area (Å²) >= 11 is 0. The first-order valence-electron chi connectivity index (χ1n) is 9.40. The molecule has 28 heavy (non-hydrogen) atoms. The molecule has 2 N–H and O–H groups in total. The van der Waals surface area contributed by atoms with E-state index in [2.05, 4.69) is 52.6 Å². The average molecular weight is 375 g/mol. The van der Waals surface area contributed by atoms with Crippen LogP contribution in [0.3, 0.4) is 0 Å². The molecule has 0 unspecified atom stereocenters. The second-order valence-electron chi connectivity index (χ2n) is 7.04. The fourth-order valence-electron chi connectivity index (χ4n) is 3.34. The number of pyridine rings is 1. The number of nitrogens with zero attached hydrogens (tertiary/aromatic N) is 5. The molecule has 0 aliphatic rings. The topological polar surface area (TPSA) is 70.4 Å². The molecule has 0 saturated heterocycles. The molecule has 0 radical (unpaired) electrons. The van der Waals surface area contributed by atoms with Crippen molar-refractivity contribution in [3.63, 3.8) is 0 Å². The summed E-state index contributed by atoms with van der Waals surface area (Å²) in [4.78, 5) is 16.2. The predicted octanol–water partition coefficient (Wildman–Crippen LogP) is 3.29. The van der Waals surface area contributed by atoms with Crippen LogP contribution in [0.1, 0.15) is 11.1 Å². The molecule has 0 bridgehead atoms. The van der Waals surface area contributed by atoms with Gasteiger partial charge in [0.2, 0.25) is 0 Å². The van der Waals surface area contributed by atoms with E-state index >= 15 is 0 Å². The summed E-state index contributed by atoms with van der Waals surface area (Å²) in [6.45, 7) is 5.97. The molecular weight excluding hydrogens is 350 g/mol. The molecule has 0 saturated carbocycles. The van der Waals surface area contributed by atoms with Gasteiger partial charge >= 0.3 is 0 Å². The lowest BCUT2D eigenvalue weighted by molar-refractivity contribution is 0.762. The first kappa shape index (κ1) is 18.2. The summed E-state index contributed by atoms with van der Waals surface area (Å²) in [6.07, 6.45) is 3.61. The van der Waals surface area contributed by atoms with Gasteiger partial charge in [-0.05, 0) is 44.2 Å². The van der Waals surface area contributed by atoms with E-state index in [-0.39, 0.29) is 0 Å². The van der Waals surface area contributed by atoms with E-state index in [1.165, 1.54) is 11.1 Å². The van der Waals surface area contributed by atoms with Gasteiger partial charge < -0.3 is 15.5 Å². The van der Waals surface area contributed by atoms with Gasteiger partial charge in [-0.3, -0.25) is 4.40 Å². The van der Waals surface area contributed by atoms with E-state index in [0.29, 0.717) is 0 Å². The number of aromatic nitrogens is 4. The molecule has 1 aromatic carbocycles. The second-order valence-corrected chi connectivity index (χ2v) is 7.04. The summed E-state index contributed by atoms with van der Waals surface area (Å²) in [5, 5.41) is 6.67. The highest BCUT2D eigenvalue weighted by molar-refractivity contribution is 5.85. The number of anilines is 3. The van der Waals surface area contributed by atoms with E-state index in [4.69, 9.17) is 9.97 Å². The van der Waals surface area contributed by atoms with Gasteiger partial charge in [0.25, 0.3) is 0 Å². The molecule has 0 aliphatic carbocycles. The van der Waals surface area contributed by atoms with Crippen LogP contribution in [-0.2, 0) is 0 Å². The zero-order valence-electron chi connectivity index (χ0n) is 16.7. The van der Waals surface area contributed by atoms with Crippen LogP contribution < -0.4 is 15.5 Å². The Hall–Kier alpha value is -3.19. The highest BCUT2D eigenvalue weighted by atomic mass is 15.2. The molecule has 4 rings (SSSR count). The highest BCUT2D eigenvalue weighted by Gasteiger charge is 2.13. The van der Waals surface area contributed by atoms with Gasteiger partial charge in [0.15, 0.2) is 11.5 Å². The standard InChI is InChI=1S/C21H25N7/c1-14-6-5-7-15(2)19(14)26-20-17-12-23-13-28(17)21-16(24-20)8-9-18(25-21)27(4)11-10-22-3/h5-9,12-13,22H,10-11H2,1-4H3,(H,24,26). The highest BCUT2D eigenvalue weighted by Crippen LogP contribution is 2.28. The molecule has 144 valence electrons. The van der Waals surface area contributed by atoms with Gasteiger partial charge in [-0.2, -0.15) is 0 Å². The molecule has 3 heterocycles. The Kier molecular flexibility index (Phi) is 4.83. The number of imidazole rings is 1. The van der Waals surface area contributed by atoms with Crippen molar-refractivity contribution in [2.75, 3.05) is 37.4 Å². The lowest BCUT2D eigenvalue weighted by Crippen LogP contribution is -2.27. The summed E-state index contributed by atoms with van der Waals surface area (Å²) in [5.41, 5.74) is 5.96. The van der Waals surface area contributed by atoms with E-state index in [9.17, 15) is 0 Å². The number of likely N-dealkylation sites (N-methyl/N-ethyl adjacent to an activating group) is 2. The van der Waals surface area contributed by atoms with Gasteiger partial charge in [-0.15, -0.1) is 0 Å². The Balaban J connectivity index is 1.80. The molecule has 0 spiro atoms. The third-order valence-corrected chi connectivity index (χ3v) is 4.99. The van der Waals surface area contributed by atoms with Crippen molar-refractivity contribution in [2.24, 2.45) is 0 Å².